The number of halogens is 1. The lowest BCUT2D eigenvalue weighted by Gasteiger charge is -2.11. The Morgan fingerprint density at radius 2 is 1.53 bits per heavy atom. The first-order chi connectivity index (χ1) is 16.5. The van der Waals surface area contributed by atoms with Crippen LogP contribution >= 0.6 is 0 Å². The lowest BCUT2D eigenvalue weighted by Crippen LogP contribution is -2.31. The maximum absolute atomic E-state index is 13.8. The number of aromatic nitrogens is 2. The van der Waals surface area contributed by atoms with E-state index in [1.807, 2.05) is 30.3 Å². The Bertz CT molecular complexity index is 1320. The number of hydrazine groups is 1. The van der Waals surface area contributed by atoms with Gasteiger partial charge in [0.1, 0.15) is 23.6 Å². The van der Waals surface area contributed by atoms with Crippen LogP contribution in [-0.4, -0.2) is 20.8 Å². The number of anilines is 3. The predicted octanol–water partition coefficient (Wildman–Crippen LogP) is 4.82. The molecule has 1 aromatic heterocycles. The van der Waals surface area contributed by atoms with Crippen LogP contribution in [-0.2, 0) is 0 Å². The molecule has 11 heteroatoms. The summed E-state index contributed by atoms with van der Waals surface area (Å²) in [6.45, 7) is 0. The number of nitrogens with one attached hydrogen (secondary N) is 3. The van der Waals surface area contributed by atoms with Crippen LogP contribution in [0.25, 0.3) is 0 Å². The Morgan fingerprint density at radius 3 is 2.24 bits per heavy atom. The molecule has 170 valence electrons. The van der Waals surface area contributed by atoms with Crippen LogP contribution in [0.5, 0.6) is 11.5 Å². The molecule has 3 aromatic carbocycles. The van der Waals surface area contributed by atoms with E-state index in [0.29, 0.717) is 17.2 Å². The Hall–Kier alpha value is -5.06. The van der Waals surface area contributed by atoms with E-state index in [0.717, 1.165) is 12.4 Å². The van der Waals surface area contributed by atoms with Gasteiger partial charge in [0.2, 0.25) is 11.6 Å². The van der Waals surface area contributed by atoms with Crippen molar-refractivity contribution in [2.45, 2.75) is 0 Å². The van der Waals surface area contributed by atoms with Crippen molar-refractivity contribution in [1.82, 2.24) is 15.4 Å². The van der Waals surface area contributed by atoms with Crippen molar-refractivity contribution < 1.29 is 18.8 Å². The van der Waals surface area contributed by atoms with E-state index >= 15 is 0 Å². The fraction of sp³-hybridized carbons (Fsp3) is 0. The Morgan fingerprint density at radius 1 is 0.882 bits per heavy atom. The molecule has 0 aliphatic heterocycles. The van der Waals surface area contributed by atoms with Crippen molar-refractivity contribution in [3.63, 3.8) is 0 Å². The summed E-state index contributed by atoms with van der Waals surface area (Å²) in [4.78, 5) is 31.0. The van der Waals surface area contributed by atoms with Crippen molar-refractivity contribution in [2.24, 2.45) is 0 Å². The molecule has 0 radical (unpaired) electrons. The fourth-order valence-electron chi connectivity index (χ4n) is 2.93. The van der Waals surface area contributed by atoms with Crippen LogP contribution in [0.3, 0.4) is 0 Å². The van der Waals surface area contributed by atoms with Gasteiger partial charge in [-0.15, -0.1) is 0 Å². The van der Waals surface area contributed by atoms with Crippen LogP contribution in [0.2, 0.25) is 0 Å². The number of nitrogens with zero attached hydrogens (tertiary/aromatic N) is 3. The molecule has 34 heavy (non-hydrogen) atoms. The second-order valence-corrected chi connectivity index (χ2v) is 6.80. The molecule has 0 bridgehead atoms. The summed E-state index contributed by atoms with van der Waals surface area (Å²) in [7, 11) is 0. The van der Waals surface area contributed by atoms with Gasteiger partial charge < -0.3 is 10.1 Å². The molecule has 0 saturated carbocycles. The Balaban J connectivity index is 1.49. The monoisotopic (exact) mass is 460 g/mol. The van der Waals surface area contributed by atoms with Crippen LogP contribution in [0, 0.1) is 15.9 Å². The van der Waals surface area contributed by atoms with Gasteiger partial charge in [-0.3, -0.25) is 25.8 Å². The number of amides is 1. The number of hydrogen-bond donors (Lipinski definition) is 3. The van der Waals surface area contributed by atoms with Crippen LogP contribution in [0.4, 0.5) is 27.4 Å². The molecule has 10 nitrogen and oxygen atoms in total. The predicted molar refractivity (Wildman–Crippen MR) is 122 cm³/mol. The highest BCUT2D eigenvalue weighted by Crippen LogP contribution is 2.31. The molecule has 0 atom stereocenters. The maximum atomic E-state index is 13.8. The van der Waals surface area contributed by atoms with Crippen molar-refractivity contribution in [3.8, 4) is 11.5 Å². The van der Waals surface area contributed by atoms with Crippen LogP contribution in [0.15, 0.2) is 85.2 Å². The number of ether oxygens (including phenoxy) is 1. The van der Waals surface area contributed by atoms with Gasteiger partial charge in [-0.1, -0.05) is 30.3 Å². The average Bonchev–Trinajstić information content (AvgIpc) is 2.84. The van der Waals surface area contributed by atoms with Gasteiger partial charge in [-0.25, -0.2) is 14.4 Å². The van der Waals surface area contributed by atoms with Gasteiger partial charge in [0.25, 0.3) is 5.91 Å². The van der Waals surface area contributed by atoms with Crippen LogP contribution < -0.4 is 20.9 Å². The third kappa shape index (κ3) is 5.22. The van der Waals surface area contributed by atoms with Gasteiger partial charge in [0, 0.05) is 5.69 Å². The van der Waals surface area contributed by atoms with Crippen LogP contribution in [0.1, 0.15) is 10.4 Å². The lowest BCUT2D eigenvalue weighted by atomic mass is 10.2. The quantitative estimate of drug-likeness (QED) is 0.252. The number of nitro groups is 1. The minimum atomic E-state index is -0.825. The highest BCUT2D eigenvalue weighted by Gasteiger charge is 2.24. The number of carbonyl (C=O) groups is 1. The molecule has 0 aliphatic rings. The molecule has 0 spiro atoms. The van der Waals surface area contributed by atoms with Gasteiger partial charge in [-0.2, -0.15) is 0 Å². The Kier molecular flexibility index (Phi) is 6.54. The fourth-order valence-corrected chi connectivity index (χ4v) is 2.93. The third-order valence-electron chi connectivity index (χ3n) is 4.51. The van der Waals surface area contributed by atoms with E-state index < -0.39 is 22.3 Å². The first kappa shape index (κ1) is 22.1. The molecule has 0 unspecified atom stereocenters. The number of benzene rings is 3. The maximum Gasteiger partial charge on any atom is 0.355 e. The minimum Gasteiger partial charge on any atom is -0.457 e. The smallest absolute Gasteiger partial charge is 0.355 e. The summed E-state index contributed by atoms with van der Waals surface area (Å²) in [6.07, 6.45) is 1.08. The van der Waals surface area contributed by atoms with Crippen molar-refractivity contribution in [3.05, 3.63) is 107 Å². The number of para-hydroxylation sites is 1. The minimum absolute atomic E-state index is 0.112. The highest BCUT2D eigenvalue weighted by molar-refractivity contribution is 5.95. The molecule has 0 fully saturated rings. The zero-order valence-corrected chi connectivity index (χ0v) is 17.4. The second-order valence-electron chi connectivity index (χ2n) is 6.80. The summed E-state index contributed by atoms with van der Waals surface area (Å²) >= 11 is 0. The van der Waals surface area contributed by atoms with E-state index in [4.69, 9.17) is 4.74 Å². The summed E-state index contributed by atoms with van der Waals surface area (Å²) < 4.78 is 19.5. The van der Waals surface area contributed by atoms with Crippen molar-refractivity contribution in [2.75, 3.05) is 10.7 Å². The van der Waals surface area contributed by atoms with Gasteiger partial charge in [0.15, 0.2) is 0 Å². The van der Waals surface area contributed by atoms with Crippen molar-refractivity contribution in [1.29, 1.82) is 0 Å². The number of rotatable bonds is 8. The molecule has 1 amide bonds. The van der Waals surface area contributed by atoms with Crippen molar-refractivity contribution >= 4 is 28.9 Å². The number of carbonyl (C=O) groups excluding carboxylic acids is 1. The molecule has 3 N–H and O–H groups in total. The topological polar surface area (TPSA) is 131 Å². The second kappa shape index (κ2) is 10.0. The summed E-state index contributed by atoms with van der Waals surface area (Å²) in [6, 6.07) is 21.2. The van der Waals surface area contributed by atoms with E-state index in [9.17, 15) is 19.3 Å². The molecule has 4 rings (SSSR count). The third-order valence-corrected chi connectivity index (χ3v) is 4.51. The normalized spacial score (nSPS) is 10.3. The van der Waals surface area contributed by atoms with Gasteiger partial charge >= 0.3 is 5.69 Å². The molecule has 4 aromatic rings. The molecular weight excluding hydrogens is 443 g/mol. The largest absolute Gasteiger partial charge is 0.457 e. The molecule has 1 heterocycles. The van der Waals surface area contributed by atoms with E-state index in [2.05, 4.69) is 26.1 Å². The molecular formula is C23H17FN6O4. The Labute approximate surface area is 192 Å². The van der Waals surface area contributed by atoms with E-state index in [1.165, 1.54) is 18.2 Å². The first-order valence-electron chi connectivity index (χ1n) is 9.91. The summed E-state index contributed by atoms with van der Waals surface area (Å²) in [5.74, 6) is -0.707. The summed E-state index contributed by atoms with van der Waals surface area (Å²) in [5.41, 5.74) is 4.33. The first-order valence-corrected chi connectivity index (χ1v) is 9.91. The standard InChI is InChI=1S/C23H17FN6O4/c24-19-9-5-4-8-18(19)23(31)29-28-22-20(30(32)33)21(25-14-26-22)27-15-10-12-17(13-11-15)34-16-6-2-1-3-7-16/h1-14H,(H,29,31)(H2,25,26,27,28). The average molecular weight is 460 g/mol. The summed E-state index contributed by atoms with van der Waals surface area (Å²) in [5, 5.41) is 14.6. The van der Waals surface area contributed by atoms with Gasteiger partial charge in [0.05, 0.1) is 10.5 Å². The highest BCUT2D eigenvalue weighted by atomic mass is 19.1. The van der Waals surface area contributed by atoms with Gasteiger partial charge in [-0.05, 0) is 48.5 Å². The SMILES string of the molecule is O=C(NNc1ncnc(Nc2ccc(Oc3ccccc3)cc2)c1[N+](=O)[O-])c1ccccc1F. The lowest BCUT2D eigenvalue weighted by molar-refractivity contribution is -0.383. The zero-order valence-electron chi connectivity index (χ0n) is 17.4. The number of hydrogen-bond acceptors (Lipinski definition) is 8. The zero-order chi connectivity index (χ0) is 23.9. The van der Waals surface area contributed by atoms with E-state index in [-0.39, 0.29) is 17.2 Å². The molecule has 0 aliphatic carbocycles. The van der Waals surface area contributed by atoms with E-state index in [1.54, 1.807) is 24.3 Å². The molecule has 0 saturated heterocycles.